The fourth-order valence-corrected chi connectivity index (χ4v) is 3.28. The Balaban J connectivity index is 1.84. The van der Waals surface area contributed by atoms with E-state index in [2.05, 4.69) is 27.8 Å². The molecule has 0 aliphatic carbocycles. The third-order valence-corrected chi connectivity index (χ3v) is 5.40. The second kappa shape index (κ2) is 7.76. The second-order valence-corrected chi connectivity index (χ2v) is 7.43. The van der Waals surface area contributed by atoms with E-state index < -0.39 is 10.0 Å². The van der Waals surface area contributed by atoms with Crippen LogP contribution in [-0.2, 0) is 10.0 Å². The molecule has 1 heterocycles. The van der Waals surface area contributed by atoms with Crippen LogP contribution in [0.3, 0.4) is 0 Å². The van der Waals surface area contributed by atoms with Crippen LogP contribution in [0.5, 0.6) is 5.75 Å². The van der Waals surface area contributed by atoms with Crippen LogP contribution in [0.2, 0.25) is 0 Å². The van der Waals surface area contributed by atoms with Crippen LogP contribution >= 0.6 is 0 Å². The van der Waals surface area contributed by atoms with Crippen LogP contribution in [-0.4, -0.2) is 52.9 Å². The minimum absolute atomic E-state index is 0.190. The van der Waals surface area contributed by atoms with Gasteiger partial charge in [-0.3, -0.25) is 4.90 Å². The average molecular weight is 324 g/mol. The number of benzene rings is 1. The molecule has 0 saturated carbocycles. The lowest BCUT2D eigenvalue weighted by Crippen LogP contribution is -2.31. The predicted octanol–water partition coefficient (Wildman–Crippen LogP) is 1.72. The Bertz CT molecular complexity index is 609. The molecule has 5 nitrogen and oxygen atoms in total. The normalized spacial score (nSPS) is 16.4. The number of ether oxygens (including phenoxy) is 1. The van der Waals surface area contributed by atoms with Crippen LogP contribution in [0.4, 0.5) is 0 Å². The molecule has 0 spiro atoms. The first-order valence-electron chi connectivity index (χ1n) is 7.51. The lowest BCUT2D eigenvalue weighted by atomic mass is 9.99. The standard InChI is InChI=1S/C16H24N2O3S/c1-17-22(19,20)13-3-10-18-11-8-15(9-12-18)14-4-6-16(21-2)7-5-14/h4-8,17H,3,9-13H2,1-2H3. The zero-order valence-corrected chi connectivity index (χ0v) is 14.0. The first-order chi connectivity index (χ1) is 10.5. The van der Waals surface area contributed by atoms with Crippen LogP contribution < -0.4 is 9.46 Å². The van der Waals surface area contributed by atoms with Gasteiger partial charge in [0.15, 0.2) is 0 Å². The van der Waals surface area contributed by atoms with Gasteiger partial charge in [0, 0.05) is 13.1 Å². The Kier molecular flexibility index (Phi) is 5.99. The molecule has 22 heavy (non-hydrogen) atoms. The predicted molar refractivity (Wildman–Crippen MR) is 89.5 cm³/mol. The number of nitrogens with one attached hydrogen (secondary N) is 1. The van der Waals surface area contributed by atoms with E-state index in [1.54, 1.807) is 7.11 Å². The summed E-state index contributed by atoms with van der Waals surface area (Å²) in [7, 11) is 0.0415. The second-order valence-electron chi connectivity index (χ2n) is 5.39. The molecule has 6 heteroatoms. The Morgan fingerprint density at radius 2 is 2.00 bits per heavy atom. The fourth-order valence-electron chi connectivity index (χ4n) is 2.56. The molecule has 0 saturated heterocycles. The number of methoxy groups -OCH3 is 1. The summed E-state index contributed by atoms with van der Waals surface area (Å²) in [6, 6.07) is 8.12. The zero-order valence-electron chi connectivity index (χ0n) is 13.2. The molecule has 1 aromatic carbocycles. The van der Waals surface area contributed by atoms with E-state index in [0.29, 0.717) is 6.42 Å². The topological polar surface area (TPSA) is 58.6 Å². The summed E-state index contributed by atoms with van der Waals surface area (Å²) in [5.74, 6) is 1.06. The summed E-state index contributed by atoms with van der Waals surface area (Å²) in [6.07, 6.45) is 3.89. The fraction of sp³-hybridized carbons (Fsp3) is 0.500. The smallest absolute Gasteiger partial charge is 0.211 e. The van der Waals surface area contributed by atoms with Crippen molar-refractivity contribution < 1.29 is 13.2 Å². The van der Waals surface area contributed by atoms with Crippen LogP contribution in [0.15, 0.2) is 30.3 Å². The molecule has 0 aromatic heterocycles. The molecule has 0 unspecified atom stereocenters. The Hall–Kier alpha value is -1.37. The first kappa shape index (κ1) is 17.0. The van der Waals surface area contributed by atoms with Crippen molar-refractivity contribution in [2.24, 2.45) is 0 Å². The van der Waals surface area contributed by atoms with Gasteiger partial charge in [0.2, 0.25) is 10.0 Å². The molecule has 2 rings (SSSR count). The van der Waals surface area contributed by atoms with Gasteiger partial charge in [-0.1, -0.05) is 18.2 Å². The molecule has 0 fully saturated rings. The first-order valence-corrected chi connectivity index (χ1v) is 9.16. The minimum Gasteiger partial charge on any atom is -0.497 e. The van der Waals surface area contributed by atoms with Crippen molar-refractivity contribution in [3.05, 3.63) is 35.9 Å². The third-order valence-electron chi connectivity index (χ3n) is 3.95. The Labute approximate surface area is 133 Å². The van der Waals surface area contributed by atoms with Gasteiger partial charge in [-0.05, 0) is 49.7 Å². The van der Waals surface area contributed by atoms with Crippen molar-refractivity contribution in [2.45, 2.75) is 12.8 Å². The van der Waals surface area contributed by atoms with E-state index in [-0.39, 0.29) is 5.75 Å². The summed E-state index contributed by atoms with van der Waals surface area (Å²) < 4.78 is 30.3. The zero-order chi connectivity index (χ0) is 16.0. The molecule has 1 aromatic rings. The maximum Gasteiger partial charge on any atom is 0.211 e. The monoisotopic (exact) mass is 324 g/mol. The minimum atomic E-state index is -3.08. The van der Waals surface area contributed by atoms with Gasteiger partial charge in [0.1, 0.15) is 5.75 Å². The van der Waals surface area contributed by atoms with Crippen LogP contribution in [0.1, 0.15) is 18.4 Å². The highest BCUT2D eigenvalue weighted by molar-refractivity contribution is 7.89. The molecular formula is C16H24N2O3S. The maximum atomic E-state index is 11.4. The summed E-state index contributed by atoms with van der Waals surface area (Å²) >= 11 is 0. The van der Waals surface area contributed by atoms with Crippen LogP contribution in [0, 0.1) is 0 Å². The number of hydrogen-bond acceptors (Lipinski definition) is 4. The quantitative estimate of drug-likeness (QED) is 0.830. The largest absolute Gasteiger partial charge is 0.497 e. The highest BCUT2D eigenvalue weighted by Gasteiger charge is 2.14. The van der Waals surface area contributed by atoms with Crippen molar-refractivity contribution >= 4 is 15.6 Å². The molecule has 0 atom stereocenters. The van der Waals surface area contributed by atoms with E-state index in [1.807, 2.05) is 12.1 Å². The Morgan fingerprint density at radius 1 is 1.27 bits per heavy atom. The van der Waals surface area contributed by atoms with Gasteiger partial charge < -0.3 is 4.74 Å². The van der Waals surface area contributed by atoms with Crippen molar-refractivity contribution in [1.29, 1.82) is 0 Å². The third kappa shape index (κ3) is 4.83. The maximum absolute atomic E-state index is 11.4. The highest BCUT2D eigenvalue weighted by atomic mass is 32.2. The molecule has 122 valence electrons. The van der Waals surface area contributed by atoms with E-state index in [0.717, 1.165) is 31.8 Å². The van der Waals surface area contributed by atoms with E-state index in [4.69, 9.17) is 4.74 Å². The lowest BCUT2D eigenvalue weighted by molar-refractivity contribution is 0.303. The molecule has 1 N–H and O–H groups in total. The number of nitrogens with zero attached hydrogens (tertiary/aromatic N) is 1. The Morgan fingerprint density at radius 3 is 2.55 bits per heavy atom. The van der Waals surface area contributed by atoms with Gasteiger partial charge in [-0.2, -0.15) is 0 Å². The summed E-state index contributed by atoms with van der Waals surface area (Å²) in [4.78, 5) is 2.29. The van der Waals surface area contributed by atoms with Gasteiger partial charge in [-0.15, -0.1) is 0 Å². The van der Waals surface area contributed by atoms with E-state index in [9.17, 15) is 8.42 Å². The number of rotatable bonds is 7. The van der Waals surface area contributed by atoms with Gasteiger partial charge in [-0.25, -0.2) is 13.1 Å². The van der Waals surface area contributed by atoms with Crippen LogP contribution in [0.25, 0.3) is 5.57 Å². The summed E-state index contributed by atoms with van der Waals surface area (Å²) in [6.45, 7) is 2.66. The average Bonchev–Trinajstić information content (AvgIpc) is 2.55. The SMILES string of the molecule is CNS(=O)(=O)CCCN1CC=C(c2ccc(OC)cc2)CC1. The van der Waals surface area contributed by atoms with Crippen molar-refractivity contribution in [3.63, 3.8) is 0 Å². The molecule has 0 radical (unpaired) electrons. The molecule has 1 aliphatic rings. The van der Waals surface area contributed by atoms with Crippen molar-refractivity contribution in [1.82, 2.24) is 9.62 Å². The number of sulfonamides is 1. The van der Waals surface area contributed by atoms with E-state index >= 15 is 0 Å². The number of hydrogen-bond donors (Lipinski definition) is 1. The highest BCUT2D eigenvalue weighted by Crippen LogP contribution is 2.24. The molecule has 0 bridgehead atoms. The van der Waals surface area contributed by atoms with Crippen molar-refractivity contribution in [2.75, 3.05) is 39.5 Å². The molecule has 1 aliphatic heterocycles. The van der Waals surface area contributed by atoms with Gasteiger partial charge in [0.05, 0.1) is 12.9 Å². The summed E-state index contributed by atoms with van der Waals surface area (Å²) in [5.41, 5.74) is 2.58. The van der Waals surface area contributed by atoms with Crippen molar-refractivity contribution in [3.8, 4) is 5.75 Å². The van der Waals surface area contributed by atoms with Gasteiger partial charge in [0.25, 0.3) is 0 Å². The van der Waals surface area contributed by atoms with E-state index in [1.165, 1.54) is 18.2 Å². The lowest BCUT2D eigenvalue weighted by Gasteiger charge is -2.26. The van der Waals surface area contributed by atoms with Gasteiger partial charge >= 0.3 is 0 Å². The molecule has 0 amide bonds. The summed E-state index contributed by atoms with van der Waals surface area (Å²) in [5, 5.41) is 0. The molecular weight excluding hydrogens is 300 g/mol.